The van der Waals surface area contributed by atoms with E-state index in [2.05, 4.69) is 9.97 Å². The second-order valence-electron chi connectivity index (χ2n) is 6.23. The van der Waals surface area contributed by atoms with Crippen molar-refractivity contribution in [1.29, 1.82) is 0 Å². The summed E-state index contributed by atoms with van der Waals surface area (Å²) in [5.41, 5.74) is 1.51. The summed E-state index contributed by atoms with van der Waals surface area (Å²) in [4.78, 5) is 21.0. The first-order chi connectivity index (χ1) is 12.3. The van der Waals surface area contributed by atoms with Gasteiger partial charge in [0, 0.05) is 26.2 Å². The monoisotopic (exact) mass is 376 g/mol. The molecule has 2 heterocycles. The van der Waals surface area contributed by atoms with Crippen LogP contribution in [0.4, 0.5) is 5.82 Å². The average Bonchev–Trinajstić information content (AvgIpc) is 2.64. The molecule has 0 unspecified atom stereocenters. The molecule has 1 aromatic heterocycles. The number of aromatic nitrogens is 2. The zero-order chi connectivity index (χ0) is 18.9. The van der Waals surface area contributed by atoms with Gasteiger partial charge in [-0.3, -0.25) is 0 Å². The highest BCUT2D eigenvalue weighted by Crippen LogP contribution is 2.23. The minimum Gasteiger partial charge on any atom is -0.476 e. The van der Waals surface area contributed by atoms with Crippen LogP contribution < -0.4 is 4.90 Å². The number of hydrogen-bond donors (Lipinski definition) is 1. The fourth-order valence-corrected chi connectivity index (χ4v) is 4.61. The standard InChI is InChI=1S/C17H20N4O4S/c1-12-3-4-13(2)15(9-12)26(24,25)21-7-5-20(6-8-21)16-11-18-14(10-19-16)17(22)23/h3-4,9-11H,5-8H2,1-2H3,(H,22,23). The predicted molar refractivity (Wildman–Crippen MR) is 95.9 cm³/mol. The molecule has 0 bridgehead atoms. The maximum absolute atomic E-state index is 12.9. The van der Waals surface area contributed by atoms with Gasteiger partial charge in [-0.25, -0.2) is 23.2 Å². The Bertz CT molecular complexity index is 920. The van der Waals surface area contributed by atoms with Gasteiger partial charge in [-0.05, 0) is 31.0 Å². The summed E-state index contributed by atoms with van der Waals surface area (Å²) in [6, 6.07) is 5.41. The van der Waals surface area contributed by atoms with Crippen molar-refractivity contribution < 1.29 is 18.3 Å². The smallest absolute Gasteiger partial charge is 0.356 e. The van der Waals surface area contributed by atoms with Gasteiger partial charge in [-0.1, -0.05) is 12.1 Å². The third kappa shape index (κ3) is 3.54. The van der Waals surface area contributed by atoms with Crippen molar-refractivity contribution >= 4 is 21.8 Å². The molecule has 0 saturated carbocycles. The van der Waals surface area contributed by atoms with Gasteiger partial charge in [0.15, 0.2) is 5.69 Å². The topological polar surface area (TPSA) is 104 Å². The van der Waals surface area contributed by atoms with Gasteiger partial charge < -0.3 is 10.0 Å². The zero-order valence-electron chi connectivity index (χ0n) is 14.6. The van der Waals surface area contributed by atoms with Crippen LogP contribution in [0.3, 0.4) is 0 Å². The Morgan fingerprint density at radius 2 is 1.77 bits per heavy atom. The van der Waals surface area contributed by atoms with Crippen LogP contribution in [0.2, 0.25) is 0 Å². The summed E-state index contributed by atoms with van der Waals surface area (Å²) in [6.45, 7) is 5.25. The van der Waals surface area contributed by atoms with Crippen molar-refractivity contribution in [2.45, 2.75) is 18.7 Å². The number of carboxylic acids is 1. The highest BCUT2D eigenvalue weighted by atomic mass is 32.2. The van der Waals surface area contributed by atoms with Crippen LogP contribution in [-0.4, -0.2) is 59.9 Å². The normalized spacial score (nSPS) is 15.8. The summed E-state index contributed by atoms with van der Waals surface area (Å²) in [6.07, 6.45) is 2.61. The fourth-order valence-electron chi connectivity index (χ4n) is 2.88. The molecule has 1 fully saturated rings. The molecule has 1 aromatic carbocycles. The molecule has 0 radical (unpaired) electrons. The molecule has 8 nitrogen and oxygen atoms in total. The van der Waals surface area contributed by atoms with E-state index >= 15 is 0 Å². The summed E-state index contributed by atoms with van der Waals surface area (Å²) in [5, 5.41) is 8.87. The average molecular weight is 376 g/mol. The van der Waals surface area contributed by atoms with Crippen molar-refractivity contribution in [1.82, 2.24) is 14.3 Å². The van der Waals surface area contributed by atoms with E-state index in [1.54, 1.807) is 13.0 Å². The van der Waals surface area contributed by atoms with E-state index < -0.39 is 16.0 Å². The maximum atomic E-state index is 12.9. The van der Waals surface area contributed by atoms with E-state index in [1.807, 2.05) is 24.0 Å². The molecule has 0 aliphatic carbocycles. The first-order valence-electron chi connectivity index (χ1n) is 8.17. The molecule has 0 spiro atoms. The molecule has 0 atom stereocenters. The first kappa shape index (κ1) is 18.3. The highest BCUT2D eigenvalue weighted by Gasteiger charge is 2.30. The molecular weight excluding hydrogens is 356 g/mol. The number of sulfonamides is 1. The van der Waals surface area contributed by atoms with Gasteiger partial charge in [-0.2, -0.15) is 4.31 Å². The van der Waals surface area contributed by atoms with Crippen LogP contribution in [0.5, 0.6) is 0 Å². The molecule has 9 heteroatoms. The molecule has 3 rings (SSSR count). The number of anilines is 1. The molecule has 2 aromatic rings. The van der Waals surface area contributed by atoms with Crippen LogP contribution in [0.1, 0.15) is 21.6 Å². The van der Waals surface area contributed by atoms with Crippen LogP contribution in [0, 0.1) is 13.8 Å². The lowest BCUT2D eigenvalue weighted by Crippen LogP contribution is -2.49. The highest BCUT2D eigenvalue weighted by molar-refractivity contribution is 7.89. The Hall–Kier alpha value is -2.52. The zero-order valence-corrected chi connectivity index (χ0v) is 15.4. The Labute approximate surface area is 152 Å². The number of aromatic carboxylic acids is 1. The minimum atomic E-state index is -3.55. The summed E-state index contributed by atoms with van der Waals surface area (Å²) in [7, 11) is -3.55. The summed E-state index contributed by atoms with van der Waals surface area (Å²) < 4.78 is 27.4. The molecule has 1 aliphatic heterocycles. The number of piperazine rings is 1. The van der Waals surface area contributed by atoms with Gasteiger partial charge in [0.25, 0.3) is 0 Å². The van der Waals surface area contributed by atoms with Crippen molar-refractivity contribution in [2.24, 2.45) is 0 Å². The van der Waals surface area contributed by atoms with Gasteiger partial charge in [0.1, 0.15) is 5.82 Å². The van der Waals surface area contributed by atoms with E-state index in [9.17, 15) is 13.2 Å². The lowest BCUT2D eigenvalue weighted by molar-refractivity contribution is 0.0690. The van der Waals surface area contributed by atoms with Gasteiger partial charge in [0.2, 0.25) is 10.0 Å². The molecule has 138 valence electrons. The first-order valence-corrected chi connectivity index (χ1v) is 9.61. The summed E-state index contributed by atoms with van der Waals surface area (Å²) in [5.74, 6) is -0.590. The summed E-state index contributed by atoms with van der Waals surface area (Å²) >= 11 is 0. The Morgan fingerprint density at radius 1 is 1.08 bits per heavy atom. The number of carboxylic acid groups (broad SMARTS) is 1. The van der Waals surface area contributed by atoms with Crippen LogP contribution in [0.25, 0.3) is 0 Å². The van der Waals surface area contributed by atoms with E-state index in [-0.39, 0.29) is 5.69 Å². The van der Waals surface area contributed by atoms with E-state index in [1.165, 1.54) is 16.7 Å². The second kappa shape index (κ2) is 7.00. The number of hydrogen-bond acceptors (Lipinski definition) is 6. The van der Waals surface area contributed by atoms with Crippen LogP contribution in [0.15, 0.2) is 35.5 Å². The Balaban J connectivity index is 1.73. The third-order valence-electron chi connectivity index (χ3n) is 4.38. The lowest BCUT2D eigenvalue weighted by Gasteiger charge is -2.34. The second-order valence-corrected chi connectivity index (χ2v) is 8.13. The molecule has 26 heavy (non-hydrogen) atoms. The largest absolute Gasteiger partial charge is 0.476 e. The van der Waals surface area contributed by atoms with Gasteiger partial charge in [-0.15, -0.1) is 0 Å². The van der Waals surface area contributed by atoms with Crippen LogP contribution >= 0.6 is 0 Å². The number of carbonyl (C=O) groups is 1. The van der Waals surface area contributed by atoms with Gasteiger partial charge in [0.05, 0.1) is 17.3 Å². The lowest BCUT2D eigenvalue weighted by atomic mass is 10.2. The van der Waals surface area contributed by atoms with Crippen molar-refractivity contribution in [3.05, 3.63) is 47.4 Å². The number of benzene rings is 1. The maximum Gasteiger partial charge on any atom is 0.356 e. The molecule has 1 N–H and O–H groups in total. The van der Waals surface area contributed by atoms with E-state index in [4.69, 9.17) is 5.11 Å². The number of aryl methyl sites for hydroxylation is 2. The SMILES string of the molecule is Cc1ccc(C)c(S(=O)(=O)N2CCN(c3cnc(C(=O)O)cn3)CC2)c1. The fraction of sp³-hybridized carbons (Fsp3) is 0.353. The number of rotatable bonds is 4. The molecule has 1 aliphatic rings. The van der Waals surface area contributed by atoms with E-state index in [0.29, 0.717) is 36.9 Å². The molecular formula is C17H20N4O4S. The van der Waals surface area contributed by atoms with Gasteiger partial charge >= 0.3 is 5.97 Å². The molecule has 1 saturated heterocycles. The third-order valence-corrected chi connectivity index (χ3v) is 6.42. The predicted octanol–water partition coefficient (Wildman–Crippen LogP) is 1.30. The molecule has 0 amide bonds. The van der Waals surface area contributed by atoms with Crippen molar-refractivity contribution in [3.8, 4) is 0 Å². The Kier molecular flexibility index (Phi) is 4.92. The van der Waals surface area contributed by atoms with Crippen LogP contribution in [-0.2, 0) is 10.0 Å². The van der Waals surface area contributed by atoms with Crippen molar-refractivity contribution in [2.75, 3.05) is 31.1 Å². The van der Waals surface area contributed by atoms with E-state index in [0.717, 1.165) is 11.1 Å². The Morgan fingerprint density at radius 3 is 2.35 bits per heavy atom. The quantitative estimate of drug-likeness (QED) is 0.858. The van der Waals surface area contributed by atoms with Crippen molar-refractivity contribution in [3.63, 3.8) is 0 Å². The number of nitrogens with zero attached hydrogens (tertiary/aromatic N) is 4. The minimum absolute atomic E-state index is 0.120.